The highest BCUT2D eigenvalue weighted by molar-refractivity contribution is 7.93. The Morgan fingerprint density at radius 1 is 1.26 bits per heavy atom. The Kier molecular flexibility index (Phi) is 5.23. The Balaban J connectivity index is 1.95. The summed E-state index contributed by atoms with van der Waals surface area (Å²) in [4.78, 5) is 8.97. The molecule has 0 radical (unpaired) electrons. The number of fused-ring (bicyclic) bond motifs is 1. The van der Waals surface area contributed by atoms with Crippen LogP contribution < -0.4 is 5.73 Å². The third-order valence-electron chi connectivity index (χ3n) is 4.43. The van der Waals surface area contributed by atoms with Crippen LogP contribution in [0, 0.1) is 0 Å². The largest absolute Gasteiger partial charge is 0.611 e. The second-order valence-electron chi connectivity index (χ2n) is 6.30. The third-order valence-corrected chi connectivity index (χ3v) is 8.30. The lowest BCUT2D eigenvalue weighted by molar-refractivity contribution is 0.594. The SMILES string of the molecule is CCCC[S+]([O-])c1sc2cc(-c3nccs3)cc(-c3nccn3C)c2c1N. The van der Waals surface area contributed by atoms with E-state index in [1.807, 2.05) is 23.2 Å². The number of hydrogen-bond donors (Lipinski definition) is 1. The molecule has 0 spiro atoms. The molecule has 0 saturated heterocycles. The molecule has 3 heterocycles. The van der Waals surface area contributed by atoms with Crippen molar-refractivity contribution in [2.45, 2.75) is 24.0 Å². The minimum absolute atomic E-state index is 0.619. The molecule has 0 bridgehead atoms. The lowest BCUT2D eigenvalue weighted by atomic mass is 10.0. The molecule has 27 heavy (non-hydrogen) atoms. The van der Waals surface area contributed by atoms with Crippen molar-refractivity contribution < 1.29 is 4.55 Å². The number of hydrogen-bond acceptors (Lipinski definition) is 6. The minimum atomic E-state index is -1.08. The van der Waals surface area contributed by atoms with E-state index in [1.165, 1.54) is 11.3 Å². The molecule has 1 atom stereocenters. The molecule has 0 aliphatic rings. The topological polar surface area (TPSA) is 79.8 Å². The molecule has 4 aromatic rings. The third kappa shape index (κ3) is 3.38. The first kappa shape index (κ1) is 18.5. The number of unbranched alkanes of at least 4 members (excludes halogenated alkanes) is 1. The van der Waals surface area contributed by atoms with Gasteiger partial charge in [0.15, 0.2) is 0 Å². The molecule has 140 valence electrons. The van der Waals surface area contributed by atoms with Crippen LogP contribution in [0.15, 0.2) is 40.3 Å². The van der Waals surface area contributed by atoms with E-state index in [9.17, 15) is 4.55 Å². The van der Waals surface area contributed by atoms with Crippen molar-refractivity contribution in [1.82, 2.24) is 14.5 Å². The average Bonchev–Trinajstić information content (AvgIpc) is 3.39. The minimum Gasteiger partial charge on any atom is -0.611 e. The number of aromatic nitrogens is 3. The Morgan fingerprint density at radius 2 is 2.11 bits per heavy atom. The molecule has 0 aliphatic heterocycles. The summed E-state index contributed by atoms with van der Waals surface area (Å²) in [5.74, 6) is 1.48. The summed E-state index contributed by atoms with van der Waals surface area (Å²) in [6.07, 6.45) is 7.44. The van der Waals surface area contributed by atoms with Gasteiger partial charge in [-0.15, -0.1) is 11.3 Å². The standard InChI is InChI=1S/C19H20N4OS3/c1-3-4-9-27(24)19-16(20)15-13(17-21-5-7-23(17)2)10-12(11-14(15)26-19)18-22-6-8-25-18/h5-8,10-11H,3-4,9,20H2,1-2H3. The van der Waals surface area contributed by atoms with Crippen LogP contribution in [0.4, 0.5) is 5.69 Å². The van der Waals surface area contributed by atoms with Gasteiger partial charge in [-0.25, -0.2) is 9.97 Å². The number of nitrogens with zero attached hydrogens (tertiary/aromatic N) is 3. The average molecular weight is 417 g/mol. The second-order valence-corrected chi connectivity index (χ2v) is 10.0. The van der Waals surface area contributed by atoms with E-state index in [4.69, 9.17) is 5.73 Å². The number of benzene rings is 1. The van der Waals surface area contributed by atoms with Gasteiger partial charge in [-0.1, -0.05) is 24.7 Å². The van der Waals surface area contributed by atoms with Gasteiger partial charge >= 0.3 is 0 Å². The van der Waals surface area contributed by atoms with Gasteiger partial charge in [0.1, 0.15) is 22.3 Å². The van der Waals surface area contributed by atoms with Gasteiger partial charge < -0.3 is 14.9 Å². The van der Waals surface area contributed by atoms with Crippen LogP contribution in [0.1, 0.15) is 19.8 Å². The molecule has 4 rings (SSSR count). The fraction of sp³-hybridized carbons (Fsp3) is 0.263. The van der Waals surface area contributed by atoms with Gasteiger partial charge in [0.05, 0.1) is 0 Å². The maximum absolute atomic E-state index is 12.8. The van der Waals surface area contributed by atoms with Crippen molar-refractivity contribution in [3.05, 3.63) is 36.1 Å². The van der Waals surface area contributed by atoms with E-state index in [0.717, 1.165) is 49.1 Å². The number of thiophene rings is 1. The number of nitrogens with two attached hydrogens (primary N) is 1. The van der Waals surface area contributed by atoms with Crippen LogP contribution in [0.3, 0.4) is 0 Å². The van der Waals surface area contributed by atoms with E-state index < -0.39 is 11.2 Å². The fourth-order valence-corrected chi connectivity index (χ4v) is 6.58. The zero-order valence-electron chi connectivity index (χ0n) is 15.1. The number of nitrogen functional groups attached to an aromatic ring is 1. The van der Waals surface area contributed by atoms with E-state index in [2.05, 4.69) is 29.0 Å². The highest BCUT2D eigenvalue weighted by atomic mass is 32.2. The van der Waals surface area contributed by atoms with Crippen molar-refractivity contribution in [3.8, 4) is 22.0 Å². The monoisotopic (exact) mass is 416 g/mol. The summed E-state index contributed by atoms with van der Waals surface area (Å²) >= 11 is 2.05. The molecule has 5 nitrogen and oxygen atoms in total. The van der Waals surface area contributed by atoms with E-state index >= 15 is 0 Å². The predicted octanol–water partition coefficient (Wildman–Crippen LogP) is 4.92. The van der Waals surface area contributed by atoms with Crippen molar-refractivity contribution in [2.24, 2.45) is 7.05 Å². The number of anilines is 1. The maximum Gasteiger partial charge on any atom is 0.230 e. The maximum atomic E-state index is 12.8. The smallest absolute Gasteiger partial charge is 0.230 e. The van der Waals surface area contributed by atoms with Crippen LogP contribution in [0.5, 0.6) is 0 Å². The molecule has 0 aliphatic carbocycles. The Labute approximate surface area is 169 Å². The van der Waals surface area contributed by atoms with E-state index in [1.54, 1.807) is 23.7 Å². The lowest BCUT2D eigenvalue weighted by Crippen LogP contribution is -2.07. The Hall–Kier alpha value is -1.87. The van der Waals surface area contributed by atoms with E-state index in [-0.39, 0.29) is 0 Å². The number of aryl methyl sites for hydroxylation is 1. The lowest BCUT2D eigenvalue weighted by Gasteiger charge is -2.09. The molecular weight excluding hydrogens is 396 g/mol. The zero-order valence-corrected chi connectivity index (χ0v) is 17.6. The van der Waals surface area contributed by atoms with Crippen LogP contribution in [-0.4, -0.2) is 24.8 Å². The number of thiazole rings is 1. The summed E-state index contributed by atoms with van der Waals surface area (Å²) in [6.45, 7) is 2.10. The summed E-state index contributed by atoms with van der Waals surface area (Å²) in [7, 11) is 1.97. The molecule has 0 saturated carbocycles. The molecule has 1 aromatic carbocycles. The Bertz CT molecular complexity index is 1070. The van der Waals surface area contributed by atoms with Crippen molar-refractivity contribution in [2.75, 3.05) is 11.5 Å². The molecule has 0 fully saturated rings. The van der Waals surface area contributed by atoms with Crippen LogP contribution in [0.25, 0.3) is 32.0 Å². The van der Waals surface area contributed by atoms with Crippen molar-refractivity contribution in [3.63, 3.8) is 0 Å². The highest BCUT2D eigenvalue weighted by Gasteiger charge is 2.25. The van der Waals surface area contributed by atoms with E-state index in [0.29, 0.717) is 11.4 Å². The molecule has 3 aromatic heterocycles. The molecular formula is C19H20N4OS3. The van der Waals surface area contributed by atoms with Crippen molar-refractivity contribution >= 4 is 49.6 Å². The first-order valence-electron chi connectivity index (χ1n) is 8.72. The van der Waals surface area contributed by atoms with Gasteiger partial charge in [-0.05, 0) is 29.7 Å². The zero-order chi connectivity index (χ0) is 19.0. The first-order valence-corrected chi connectivity index (χ1v) is 11.7. The summed E-state index contributed by atoms with van der Waals surface area (Å²) in [5.41, 5.74) is 9.11. The molecule has 1 unspecified atom stereocenters. The fourth-order valence-electron chi connectivity index (χ4n) is 3.06. The van der Waals surface area contributed by atoms with Gasteiger partial charge in [-0.2, -0.15) is 0 Å². The van der Waals surface area contributed by atoms with Gasteiger partial charge in [0.2, 0.25) is 4.21 Å². The predicted molar refractivity (Wildman–Crippen MR) is 116 cm³/mol. The summed E-state index contributed by atoms with van der Waals surface area (Å²) < 4.78 is 16.6. The highest BCUT2D eigenvalue weighted by Crippen LogP contribution is 2.44. The van der Waals surface area contributed by atoms with Gasteiger partial charge in [0, 0.05) is 52.2 Å². The first-order chi connectivity index (χ1) is 13.1. The number of rotatable bonds is 6. The molecule has 8 heteroatoms. The normalized spacial score (nSPS) is 12.7. The quantitative estimate of drug-likeness (QED) is 0.453. The second kappa shape index (κ2) is 7.63. The van der Waals surface area contributed by atoms with Crippen LogP contribution in [0.2, 0.25) is 0 Å². The number of imidazole rings is 1. The van der Waals surface area contributed by atoms with Crippen LogP contribution in [-0.2, 0) is 18.2 Å². The summed E-state index contributed by atoms with van der Waals surface area (Å²) in [5, 5.41) is 3.86. The van der Waals surface area contributed by atoms with Gasteiger partial charge in [0.25, 0.3) is 0 Å². The van der Waals surface area contributed by atoms with Gasteiger partial charge in [-0.3, -0.25) is 0 Å². The van der Waals surface area contributed by atoms with Crippen LogP contribution >= 0.6 is 22.7 Å². The molecule has 2 N–H and O–H groups in total. The summed E-state index contributed by atoms with van der Waals surface area (Å²) in [6, 6.07) is 4.19. The Morgan fingerprint density at radius 3 is 2.78 bits per heavy atom. The molecule has 0 amide bonds. The van der Waals surface area contributed by atoms with Crippen molar-refractivity contribution in [1.29, 1.82) is 0 Å².